The Bertz CT molecular complexity index is 675. The maximum absolute atomic E-state index is 6.19. The Morgan fingerprint density at radius 3 is 3.05 bits per heavy atom. The molecule has 2 aromatic rings. The van der Waals surface area contributed by atoms with Gasteiger partial charge in [-0.1, -0.05) is 30.8 Å². The molecule has 0 spiro atoms. The zero-order valence-electron chi connectivity index (χ0n) is 11.9. The Balaban J connectivity index is 2.02. The summed E-state index contributed by atoms with van der Waals surface area (Å²) in [5.41, 5.74) is 8.71. The van der Waals surface area contributed by atoms with E-state index in [1.165, 1.54) is 16.9 Å². The summed E-state index contributed by atoms with van der Waals surface area (Å²) >= 11 is 3.41. The molecule has 0 saturated heterocycles. The average Bonchev–Trinajstić information content (AvgIpc) is 2.73. The molecular formula is C15H19N3S2. The lowest BCUT2D eigenvalue weighted by Crippen LogP contribution is -2.09. The molecule has 0 aliphatic heterocycles. The van der Waals surface area contributed by atoms with Crippen molar-refractivity contribution in [3.05, 3.63) is 22.6 Å². The van der Waals surface area contributed by atoms with Crippen molar-refractivity contribution >= 4 is 39.1 Å². The molecule has 2 N–H and O–H groups in total. The second-order valence-corrected chi connectivity index (χ2v) is 7.70. The molecule has 2 aromatic heterocycles. The van der Waals surface area contributed by atoms with E-state index in [0.29, 0.717) is 5.82 Å². The maximum Gasteiger partial charge on any atom is 0.191 e. The van der Waals surface area contributed by atoms with E-state index in [9.17, 15) is 0 Å². The van der Waals surface area contributed by atoms with Crippen LogP contribution in [0.15, 0.2) is 17.3 Å². The highest BCUT2D eigenvalue weighted by Crippen LogP contribution is 2.39. The summed E-state index contributed by atoms with van der Waals surface area (Å²) in [6, 6.07) is 0. The first-order valence-corrected chi connectivity index (χ1v) is 8.69. The fraction of sp³-hybridized carbons (Fsp3) is 0.467. The number of thiophene rings is 1. The third kappa shape index (κ3) is 2.56. The SMILES string of the molecule is C=C(C)CSc1nc(N)c2c3c(sc2n1)C[C@H](C)CC3. The molecule has 1 aliphatic rings. The summed E-state index contributed by atoms with van der Waals surface area (Å²) in [6.07, 6.45) is 3.51. The van der Waals surface area contributed by atoms with E-state index in [0.717, 1.165) is 45.5 Å². The average molecular weight is 305 g/mol. The van der Waals surface area contributed by atoms with Crippen LogP contribution in [0.5, 0.6) is 0 Å². The Morgan fingerprint density at radius 2 is 2.30 bits per heavy atom. The number of nitrogen functional groups attached to an aromatic ring is 1. The van der Waals surface area contributed by atoms with E-state index in [2.05, 4.69) is 23.5 Å². The van der Waals surface area contributed by atoms with Crippen LogP contribution in [0.1, 0.15) is 30.7 Å². The number of hydrogen-bond acceptors (Lipinski definition) is 5. The van der Waals surface area contributed by atoms with Gasteiger partial charge in [-0.15, -0.1) is 11.3 Å². The lowest BCUT2D eigenvalue weighted by molar-refractivity contribution is 0.509. The molecule has 3 nitrogen and oxygen atoms in total. The van der Waals surface area contributed by atoms with E-state index >= 15 is 0 Å². The first kappa shape index (κ1) is 13.9. The van der Waals surface area contributed by atoms with Gasteiger partial charge in [-0.3, -0.25) is 0 Å². The van der Waals surface area contributed by atoms with Gasteiger partial charge >= 0.3 is 0 Å². The summed E-state index contributed by atoms with van der Waals surface area (Å²) in [5.74, 6) is 2.25. The van der Waals surface area contributed by atoms with E-state index in [4.69, 9.17) is 5.73 Å². The third-order valence-corrected chi connectivity index (χ3v) is 5.84. The molecule has 20 heavy (non-hydrogen) atoms. The Hall–Kier alpha value is -1.07. The number of hydrogen-bond donors (Lipinski definition) is 1. The highest BCUT2D eigenvalue weighted by atomic mass is 32.2. The van der Waals surface area contributed by atoms with Crippen LogP contribution in [0.4, 0.5) is 5.82 Å². The number of nitrogens with two attached hydrogens (primary N) is 1. The summed E-state index contributed by atoms with van der Waals surface area (Å²) in [7, 11) is 0. The molecule has 0 saturated carbocycles. The molecule has 3 rings (SSSR count). The first-order chi connectivity index (χ1) is 9.54. The highest BCUT2D eigenvalue weighted by molar-refractivity contribution is 7.99. The fourth-order valence-electron chi connectivity index (χ4n) is 2.60. The molecule has 1 aliphatic carbocycles. The second-order valence-electron chi connectivity index (χ2n) is 5.67. The minimum atomic E-state index is 0.645. The van der Waals surface area contributed by atoms with Gasteiger partial charge in [0, 0.05) is 10.6 Å². The van der Waals surface area contributed by atoms with Gasteiger partial charge in [0.15, 0.2) is 5.16 Å². The van der Waals surface area contributed by atoms with Crippen LogP contribution in [0.3, 0.4) is 0 Å². The summed E-state index contributed by atoms with van der Waals surface area (Å²) in [4.78, 5) is 11.7. The predicted octanol–water partition coefficient (Wildman–Crippen LogP) is 4.07. The van der Waals surface area contributed by atoms with E-state index < -0.39 is 0 Å². The Morgan fingerprint density at radius 1 is 1.50 bits per heavy atom. The van der Waals surface area contributed by atoms with E-state index in [1.54, 1.807) is 23.1 Å². The molecule has 2 heterocycles. The van der Waals surface area contributed by atoms with E-state index in [-0.39, 0.29) is 0 Å². The number of thioether (sulfide) groups is 1. The quantitative estimate of drug-likeness (QED) is 0.527. The minimum absolute atomic E-state index is 0.645. The number of fused-ring (bicyclic) bond motifs is 3. The summed E-state index contributed by atoms with van der Waals surface area (Å²) in [5, 5.41) is 1.88. The van der Waals surface area contributed by atoms with Crippen molar-refractivity contribution in [2.24, 2.45) is 5.92 Å². The van der Waals surface area contributed by atoms with E-state index in [1.807, 2.05) is 6.92 Å². The number of aromatic nitrogens is 2. The molecule has 0 amide bonds. The van der Waals surface area contributed by atoms with Gasteiger partial charge in [0.2, 0.25) is 0 Å². The van der Waals surface area contributed by atoms with Crippen LogP contribution >= 0.6 is 23.1 Å². The smallest absolute Gasteiger partial charge is 0.191 e. The van der Waals surface area contributed by atoms with Crippen LogP contribution in [0.2, 0.25) is 0 Å². The molecule has 0 radical (unpaired) electrons. The van der Waals surface area contributed by atoms with Crippen molar-refractivity contribution in [3.8, 4) is 0 Å². The van der Waals surface area contributed by atoms with Gasteiger partial charge in [-0.25, -0.2) is 9.97 Å². The lowest BCUT2D eigenvalue weighted by atomic mass is 9.89. The van der Waals surface area contributed by atoms with Gasteiger partial charge in [-0.2, -0.15) is 0 Å². The van der Waals surface area contributed by atoms with Crippen molar-refractivity contribution in [1.29, 1.82) is 0 Å². The molecule has 0 bridgehead atoms. The Kier molecular flexibility index (Phi) is 3.73. The standard InChI is InChI=1S/C15H19N3S2/c1-8(2)7-19-15-17-13(16)12-10-5-4-9(3)6-11(10)20-14(12)18-15/h9H,1,4-7H2,2-3H3,(H2,16,17,18)/t9-/m1/s1. The monoisotopic (exact) mass is 305 g/mol. The molecule has 5 heteroatoms. The number of anilines is 1. The van der Waals surface area contributed by atoms with Crippen LogP contribution in [0, 0.1) is 5.92 Å². The molecule has 0 aromatic carbocycles. The lowest BCUT2D eigenvalue weighted by Gasteiger charge is -2.17. The van der Waals surface area contributed by atoms with Gasteiger partial charge in [0.1, 0.15) is 10.6 Å². The van der Waals surface area contributed by atoms with Crippen molar-refractivity contribution in [2.45, 2.75) is 38.3 Å². The zero-order valence-corrected chi connectivity index (χ0v) is 13.5. The Labute approximate surface area is 127 Å². The molecule has 1 atom stereocenters. The topological polar surface area (TPSA) is 51.8 Å². The predicted molar refractivity (Wildman–Crippen MR) is 88.6 cm³/mol. The number of aryl methyl sites for hydroxylation is 1. The zero-order chi connectivity index (χ0) is 14.3. The summed E-state index contributed by atoms with van der Waals surface area (Å²) in [6.45, 7) is 8.24. The van der Waals surface area contributed by atoms with Crippen LogP contribution < -0.4 is 5.73 Å². The first-order valence-electron chi connectivity index (χ1n) is 6.89. The fourth-order valence-corrected chi connectivity index (χ4v) is 4.74. The van der Waals surface area contributed by atoms with Crippen LogP contribution in [0.25, 0.3) is 10.2 Å². The number of nitrogens with zero attached hydrogens (tertiary/aromatic N) is 2. The highest BCUT2D eigenvalue weighted by Gasteiger charge is 2.23. The molecular weight excluding hydrogens is 286 g/mol. The minimum Gasteiger partial charge on any atom is -0.383 e. The van der Waals surface area contributed by atoms with Crippen LogP contribution in [-0.4, -0.2) is 15.7 Å². The maximum atomic E-state index is 6.19. The van der Waals surface area contributed by atoms with Gasteiger partial charge < -0.3 is 5.73 Å². The van der Waals surface area contributed by atoms with Crippen molar-refractivity contribution in [3.63, 3.8) is 0 Å². The third-order valence-electron chi connectivity index (χ3n) is 3.61. The van der Waals surface area contributed by atoms with Crippen molar-refractivity contribution in [1.82, 2.24) is 9.97 Å². The number of rotatable bonds is 3. The van der Waals surface area contributed by atoms with Crippen molar-refractivity contribution in [2.75, 3.05) is 11.5 Å². The summed E-state index contributed by atoms with van der Waals surface area (Å²) < 4.78 is 0. The largest absolute Gasteiger partial charge is 0.383 e. The van der Waals surface area contributed by atoms with Crippen LogP contribution in [-0.2, 0) is 12.8 Å². The molecule has 0 fully saturated rings. The second kappa shape index (κ2) is 5.37. The molecule has 0 unspecified atom stereocenters. The van der Waals surface area contributed by atoms with Gasteiger partial charge in [-0.05, 0) is 37.7 Å². The molecule has 106 valence electrons. The van der Waals surface area contributed by atoms with Gasteiger partial charge in [0.05, 0.1) is 5.39 Å². The van der Waals surface area contributed by atoms with Gasteiger partial charge in [0.25, 0.3) is 0 Å². The van der Waals surface area contributed by atoms with Crippen molar-refractivity contribution < 1.29 is 0 Å². The normalized spacial score (nSPS) is 18.2.